The van der Waals surface area contributed by atoms with E-state index in [2.05, 4.69) is 6.58 Å². The number of piperidine rings is 1. The highest BCUT2D eigenvalue weighted by molar-refractivity contribution is 5.82. The van der Waals surface area contributed by atoms with Crippen molar-refractivity contribution in [1.29, 1.82) is 0 Å². The summed E-state index contributed by atoms with van der Waals surface area (Å²) in [5, 5.41) is 0. The molecule has 0 saturated carbocycles. The molecule has 1 saturated heterocycles. The molecular formula is C15H17NO3. The molecule has 19 heavy (non-hydrogen) atoms. The Morgan fingerprint density at radius 2 is 2.16 bits per heavy atom. The molecule has 1 fully saturated rings. The number of benzene rings is 1. The Morgan fingerprint density at radius 1 is 1.42 bits per heavy atom. The number of likely N-dealkylation sites (tertiary alicyclic amines) is 1. The highest BCUT2D eigenvalue weighted by Gasteiger charge is 2.32. The van der Waals surface area contributed by atoms with E-state index in [0.29, 0.717) is 19.4 Å². The summed E-state index contributed by atoms with van der Waals surface area (Å²) >= 11 is 0. The predicted octanol–water partition coefficient (Wildman–Crippen LogP) is 2.72. The van der Waals surface area contributed by atoms with Gasteiger partial charge in [-0.3, -0.25) is 4.79 Å². The van der Waals surface area contributed by atoms with E-state index in [4.69, 9.17) is 4.74 Å². The van der Waals surface area contributed by atoms with E-state index in [1.165, 1.54) is 6.08 Å². The maximum absolute atomic E-state index is 12.0. The van der Waals surface area contributed by atoms with E-state index in [1.54, 1.807) is 4.90 Å². The van der Waals surface area contributed by atoms with Crippen LogP contribution in [0.4, 0.5) is 4.79 Å². The summed E-state index contributed by atoms with van der Waals surface area (Å²) in [5.41, 5.74) is 0.964. The fraction of sp³-hybridized carbons (Fsp3) is 0.333. The van der Waals surface area contributed by atoms with E-state index in [0.717, 1.165) is 5.56 Å². The number of Topliss-reactive ketones (excluding diaryl/α,β-unsaturated/α-hetero) is 1. The molecule has 0 N–H and O–H groups in total. The molecule has 1 aliphatic heterocycles. The number of carbonyl (C=O) groups is 2. The lowest BCUT2D eigenvalue weighted by Crippen LogP contribution is -2.41. The molecule has 0 bridgehead atoms. The number of ether oxygens (including phenoxy) is 1. The van der Waals surface area contributed by atoms with Crippen LogP contribution in [0, 0.1) is 0 Å². The Balaban J connectivity index is 2.17. The number of hydrogen-bond donors (Lipinski definition) is 0. The van der Waals surface area contributed by atoms with Crippen LogP contribution in [0.2, 0.25) is 0 Å². The predicted molar refractivity (Wildman–Crippen MR) is 71.7 cm³/mol. The van der Waals surface area contributed by atoms with Crippen LogP contribution >= 0.6 is 0 Å². The second kappa shape index (κ2) is 6.18. The third-order valence-electron chi connectivity index (χ3n) is 3.17. The van der Waals surface area contributed by atoms with Crippen molar-refractivity contribution in [2.45, 2.75) is 18.9 Å². The molecular weight excluding hydrogens is 242 g/mol. The minimum absolute atomic E-state index is 0.182. The number of ketones is 1. The third-order valence-corrected chi connectivity index (χ3v) is 3.17. The first kappa shape index (κ1) is 13.3. The molecule has 0 aliphatic carbocycles. The molecule has 100 valence electrons. The molecule has 0 radical (unpaired) electrons. The minimum Gasteiger partial charge on any atom is -0.445 e. The first-order valence-corrected chi connectivity index (χ1v) is 6.33. The first-order valence-electron chi connectivity index (χ1n) is 6.33. The molecule has 1 heterocycles. The van der Waals surface area contributed by atoms with Crippen molar-refractivity contribution < 1.29 is 14.3 Å². The van der Waals surface area contributed by atoms with Crippen molar-refractivity contribution in [3.63, 3.8) is 0 Å². The zero-order chi connectivity index (χ0) is 13.7. The zero-order valence-electron chi connectivity index (χ0n) is 10.7. The van der Waals surface area contributed by atoms with Crippen LogP contribution in [0.3, 0.4) is 0 Å². The van der Waals surface area contributed by atoms with Crippen molar-refractivity contribution >= 4 is 11.9 Å². The zero-order valence-corrected chi connectivity index (χ0v) is 10.7. The number of amides is 1. The molecule has 1 aliphatic rings. The van der Waals surface area contributed by atoms with Crippen LogP contribution in [-0.2, 0) is 9.53 Å². The van der Waals surface area contributed by atoms with Gasteiger partial charge in [-0.2, -0.15) is 0 Å². The summed E-state index contributed by atoms with van der Waals surface area (Å²) in [5.74, 6) is 0.182. The third kappa shape index (κ3) is 3.22. The summed E-state index contributed by atoms with van der Waals surface area (Å²) < 4.78 is 5.08. The fourth-order valence-electron chi connectivity index (χ4n) is 2.23. The van der Waals surface area contributed by atoms with Gasteiger partial charge in [0.25, 0.3) is 0 Å². The largest absolute Gasteiger partial charge is 0.445 e. The summed E-state index contributed by atoms with van der Waals surface area (Å²) in [7, 11) is 0. The maximum atomic E-state index is 12.0. The minimum atomic E-state index is -0.388. The number of carbonyl (C=O) groups excluding carboxylic acids is 2. The average molecular weight is 259 g/mol. The lowest BCUT2D eigenvalue weighted by Gasteiger charge is -2.34. The van der Waals surface area contributed by atoms with Crippen LogP contribution in [0.5, 0.6) is 0 Å². The molecule has 0 aromatic heterocycles. The van der Waals surface area contributed by atoms with E-state index in [-0.39, 0.29) is 24.5 Å². The lowest BCUT2D eigenvalue weighted by molar-refractivity contribution is -0.122. The van der Waals surface area contributed by atoms with Gasteiger partial charge in [-0.1, -0.05) is 43.0 Å². The van der Waals surface area contributed by atoms with E-state index >= 15 is 0 Å². The molecule has 0 spiro atoms. The van der Waals surface area contributed by atoms with Crippen molar-refractivity contribution in [1.82, 2.24) is 4.90 Å². The molecule has 1 amide bonds. The summed E-state index contributed by atoms with van der Waals surface area (Å²) in [6.07, 6.45) is 1.89. The van der Waals surface area contributed by atoms with Crippen molar-refractivity contribution in [2.24, 2.45) is 0 Å². The van der Waals surface area contributed by atoms with Crippen LogP contribution in [0.25, 0.3) is 0 Å². The molecule has 1 aromatic rings. The number of hydrogen-bond acceptors (Lipinski definition) is 3. The normalized spacial score (nSPS) is 19.1. The maximum Gasteiger partial charge on any atom is 0.410 e. The number of rotatable bonds is 3. The molecule has 1 unspecified atom stereocenters. The summed E-state index contributed by atoms with van der Waals surface area (Å²) in [6, 6.07) is 9.35. The standard InChI is InChI=1S/C15H17NO3/c1-2-10-19-15(18)16-9-8-13(17)11-14(16)12-6-4-3-5-7-12/h2-7,14H,1,8-11H2. The Hall–Kier alpha value is -2.10. The van der Waals surface area contributed by atoms with E-state index in [1.807, 2.05) is 30.3 Å². The van der Waals surface area contributed by atoms with Gasteiger partial charge in [-0.05, 0) is 5.56 Å². The van der Waals surface area contributed by atoms with Crippen molar-refractivity contribution in [2.75, 3.05) is 13.2 Å². The quantitative estimate of drug-likeness (QED) is 0.784. The number of nitrogens with zero attached hydrogens (tertiary/aromatic N) is 1. The van der Waals surface area contributed by atoms with Gasteiger partial charge in [0, 0.05) is 19.4 Å². The van der Waals surface area contributed by atoms with Gasteiger partial charge >= 0.3 is 6.09 Å². The van der Waals surface area contributed by atoms with Gasteiger partial charge in [-0.25, -0.2) is 4.79 Å². The highest BCUT2D eigenvalue weighted by atomic mass is 16.6. The first-order chi connectivity index (χ1) is 9.22. The van der Waals surface area contributed by atoms with Gasteiger partial charge in [0.1, 0.15) is 12.4 Å². The second-order valence-electron chi connectivity index (χ2n) is 4.48. The van der Waals surface area contributed by atoms with E-state index < -0.39 is 0 Å². The van der Waals surface area contributed by atoms with Gasteiger partial charge in [-0.15, -0.1) is 0 Å². The Kier molecular flexibility index (Phi) is 4.34. The monoisotopic (exact) mass is 259 g/mol. The van der Waals surface area contributed by atoms with Gasteiger partial charge < -0.3 is 9.64 Å². The van der Waals surface area contributed by atoms with Gasteiger partial charge in [0.05, 0.1) is 6.04 Å². The Labute approximate surface area is 112 Å². The molecule has 4 heteroatoms. The molecule has 1 aromatic carbocycles. The topological polar surface area (TPSA) is 46.6 Å². The van der Waals surface area contributed by atoms with Crippen LogP contribution < -0.4 is 0 Å². The van der Waals surface area contributed by atoms with Crippen molar-refractivity contribution in [3.05, 3.63) is 48.6 Å². The SMILES string of the molecule is C=CCOC(=O)N1CCC(=O)CC1c1ccccc1. The summed E-state index contributed by atoms with van der Waals surface area (Å²) in [4.78, 5) is 25.3. The Morgan fingerprint density at radius 3 is 2.84 bits per heavy atom. The van der Waals surface area contributed by atoms with Crippen molar-refractivity contribution in [3.8, 4) is 0 Å². The fourth-order valence-corrected chi connectivity index (χ4v) is 2.23. The van der Waals surface area contributed by atoms with E-state index in [9.17, 15) is 9.59 Å². The summed E-state index contributed by atoms with van der Waals surface area (Å²) in [6.45, 7) is 4.11. The van der Waals surface area contributed by atoms with Gasteiger partial charge in [0.15, 0.2) is 0 Å². The van der Waals surface area contributed by atoms with Crippen LogP contribution in [0.15, 0.2) is 43.0 Å². The Bertz CT molecular complexity index is 470. The smallest absolute Gasteiger partial charge is 0.410 e. The lowest BCUT2D eigenvalue weighted by atomic mass is 9.95. The van der Waals surface area contributed by atoms with Crippen LogP contribution in [0.1, 0.15) is 24.4 Å². The molecule has 2 rings (SSSR count). The van der Waals surface area contributed by atoms with Gasteiger partial charge in [0.2, 0.25) is 0 Å². The van der Waals surface area contributed by atoms with Crippen LogP contribution in [-0.4, -0.2) is 29.9 Å². The highest BCUT2D eigenvalue weighted by Crippen LogP contribution is 2.29. The second-order valence-corrected chi connectivity index (χ2v) is 4.48. The molecule has 4 nitrogen and oxygen atoms in total. The molecule has 1 atom stereocenters. The average Bonchev–Trinajstić information content (AvgIpc) is 2.45.